The number of phosphoric ester groups is 1. The van der Waals surface area contributed by atoms with E-state index in [1.54, 1.807) is 11.8 Å². The van der Waals surface area contributed by atoms with E-state index in [9.17, 15) is 28.6 Å². The van der Waals surface area contributed by atoms with Gasteiger partial charge in [0.1, 0.15) is 36.2 Å². The fourth-order valence-electron chi connectivity index (χ4n) is 2.99. The number of thioether (sulfide) groups is 1. The van der Waals surface area contributed by atoms with Gasteiger partial charge < -0.3 is 41.3 Å². The molecule has 0 spiro atoms. The van der Waals surface area contributed by atoms with Crippen molar-refractivity contribution in [2.24, 2.45) is 5.73 Å². The largest absolute Gasteiger partial charge is 0.480 e. The molecule has 17 nitrogen and oxygen atoms in total. The Hall–Kier alpha value is -1.93. The fraction of sp³-hybridized carbons (Fsp3) is 0.600. The Bertz CT molecular complexity index is 1160. The number of nitrogens with zero attached hydrogens (tertiary/aromatic N) is 4. The van der Waals surface area contributed by atoms with Gasteiger partial charge in [-0.15, -0.1) is 0 Å². The molecule has 0 aromatic carbocycles. The molecule has 0 radical (unpaired) electrons. The summed E-state index contributed by atoms with van der Waals surface area (Å²) >= 11 is 0.890. The molecule has 1 fully saturated rings. The third-order valence-corrected chi connectivity index (χ3v) is 6.37. The topological polar surface area (TPSA) is 276 Å². The number of ether oxygens (including phenoxy) is 1. The monoisotopic (exact) mass is 560 g/mol. The van der Waals surface area contributed by atoms with E-state index in [1.165, 1.54) is 0 Å². The summed E-state index contributed by atoms with van der Waals surface area (Å²) in [5.74, 6) is -0.493. The fourth-order valence-corrected chi connectivity index (χ4v) is 4.36. The van der Waals surface area contributed by atoms with Crippen LogP contribution >= 0.6 is 19.6 Å². The van der Waals surface area contributed by atoms with E-state index in [2.05, 4.69) is 14.5 Å². The Balaban J connectivity index is 0.000000410. The number of nitrogen functional groups attached to an aromatic ring is 1. The molecule has 3 rings (SSSR count). The number of aromatic nitrogens is 4. The number of imidazole rings is 1. The quantitative estimate of drug-likeness (QED) is 0.110. The number of carboxylic acids is 1. The molecule has 5 atom stereocenters. The molecule has 35 heavy (non-hydrogen) atoms. The highest BCUT2D eigenvalue weighted by Crippen LogP contribution is 2.44. The predicted molar refractivity (Wildman–Crippen MR) is 124 cm³/mol. The van der Waals surface area contributed by atoms with Crippen LogP contribution in [0.2, 0.25) is 0 Å². The summed E-state index contributed by atoms with van der Waals surface area (Å²) in [7, 11) is -4.98. The molecule has 2 aromatic heterocycles. The number of carboxylic acid groups (broad SMARTS) is 1. The van der Waals surface area contributed by atoms with Crippen molar-refractivity contribution in [2.45, 2.75) is 37.0 Å². The molecular formula is C15H25N6O11PS2. The summed E-state index contributed by atoms with van der Waals surface area (Å²) < 4.78 is 33.6. The second-order valence-corrected chi connectivity index (χ2v) is 9.76. The molecule has 1 saturated heterocycles. The molecule has 0 saturated carbocycles. The highest BCUT2D eigenvalue weighted by Gasteiger charge is 2.48. The first-order valence-electron chi connectivity index (χ1n) is 9.60. The number of hydrogen-bond donors (Lipinski definition) is 8. The molecule has 20 heteroatoms. The van der Waals surface area contributed by atoms with Crippen LogP contribution in [-0.4, -0.2) is 96.8 Å². The zero-order valence-corrected chi connectivity index (χ0v) is 20.6. The number of carbonyl (C=O) groups is 1. The maximum atomic E-state index is 12.2. The van der Waals surface area contributed by atoms with Crippen LogP contribution in [0.3, 0.4) is 0 Å². The van der Waals surface area contributed by atoms with Crippen LogP contribution in [0.15, 0.2) is 11.1 Å². The van der Waals surface area contributed by atoms with Gasteiger partial charge in [-0.2, -0.15) is 20.7 Å². The van der Waals surface area contributed by atoms with Crippen LogP contribution in [0.5, 0.6) is 0 Å². The average molecular weight is 561 g/mol. The molecule has 2 aromatic rings. The van der Waals surface area contributed by atoms with E-state index in [1.807, 2.05) is 6.26 Å². The Morgan fingerprint density at radius 2 is 2.11 bits per heavy atom. The van der Waals surface area contributed by atoms with Crippen LogP contribution in [0.4, 0.5) is 5.95 Å². The Morgan fingerprint density at radius 1 is 1.46 bits per heavy atom. The van der Waals surface area contributed by atoms with E-state index < -0.39 is 74.3 Å². The van der Waals surface area contributed by atoms with Gasteiger partial charge in [0.25, 0.3) is 5.56 Å². The van der Waals surface area contributed by atoms with Gasteiger partial charge in [-0.3, -0.25) is 18.7 Å². The molecule has 1 aliphatic heterocycles. The summed E-state index contributed by atoms with van der Waals surface area (Å²) in [5, 5.41) is 27.9. The third kappa shape index (κ3) is 7.06. The maximum absolute atomic E-state index is 12.2. The lowest BCUT2D eigenvalue weighted by molar-refractivity contribution is -0.138. The number of fused-ring (bicyclic) bond motifs is 1. The first-order chi connectivity index (χ1) is 16.4. The number of aliphatic carboxylic acids is 1. The van der Waals surface area contributed by atoms with Crippen LogP contribution in [0.1, 0.15) is 12.6 Å². The van der Waals surface area contributed by atoms with Crippen molar-refractivity contribution in [1.29, 1.82) is 0 Å². The summed E-state index contributed by atoms with van der Waals surface area (Å²) in [6, 6.07) is -0.683. The normalized spacial score (nSPS) is 23.1. The van der Waals surface area contributed by atoms with Gasteiger partial charge in [-0.1, -0.05) is 0 Å². The number of hydrogen-bond acceptors (Lipinski definition) is 13. The van der Waals surface area contributed by atoms with Crippen molar-refractivity contribution in [1.82, 2.24) is 18.5 Å². The first-order valence-corrected chi connectivity index (χ1v) is 13.3. The van der Waals surface area contributed by atoms with Crippen molar-refractivity contribution in [3.8, 4) is 0 Å². The summed E-state index contributed by atoms with van der Waals surface area (Å²) in [6.07, 6.45) is -2.24. The summed E-state index contributed by atoms with van der Waals surface area (Å²) in [4.78, 5) is 47.8. The van der Waals surface area contributed by atoms with Crippen LogP contribution in [0, 0.1) is 0 Å². The van der Waals surface area contributed by atoms with E-state index in [4.69, 9.17) is 31.1 Å². The van der Waals surface area contributed by atoms with Gasteiger partial charge in [-0.25, -0.2) is 13.8 Å². The predicted octanol–water partition coefficient (Wildman–Crippen LogP) is -3.24. The number of nitrogens with two attached hydrogens (primary N) is 2. The molecular weight excluding hydrogens is 535 g/mol. The van der Waals surface area contributed by atoms with Gasteiger partial charge in [0.05, 0.1) is 12.9 Å². The number of anilines is 1. The minimum absolute atomic E-state index is 0.120. The van der Waals surface area contributed by atoms with E-state index in [0.717, 1.165) is 16.6 Å². The zero-order valence-electron chi connectivity index (χ0n) is 18.0. The lowest BCUT2D eigenvalue weighted by atomic mass is 10.1. The van der Waals surface area contributed by atoms with Crippen LogP contribution in [-0.2, 0) is 30.5 Å². The Kier molecular flexibility index (Phi) is 10.3. The molecule has 0 bridgehead atoms. The van der Waals surface area contributed by atoms with Gasteiger partial charge in [0, 0.05) is 0 Å². The lowest BCUT2D eigenvalue weighted by Gasteiger charge is -2.20. The van der Waals surface area contributed by atoms with Crippen LogP contribution < -0.4 is 17.0 Å². The van der Waals surface area contributed by atoms with Crippen molar-refractivity contribution in [2.75, 3.05) is 24.3 Å². The standard InChI is InChI=1S/C10H14N5O9PS.C5H11NO2S/c11-10-13-7-4(8(18)15(10)26-22)12-2-14(7)9-5(17)6(3(1-16)23-9)24-25(19,20)21;1-9-3-2-4(6)5(7)8/h2-3,5-6,9,16-17,26H,1H2,(H2,11,13)(H2,19,20,21);4H,2-3,6H2,1H3,(H,7,8)/t3-,5-,6-,9-;4-/m10/s1. The third-order valence-electron chi connectivity index (χ3n) is 4.65. The highest BCUT2D eigenvalue weighted by molar-refractivity contribution is 7.98. The molecule has 0 amide bonds. The van der Waals surface area contributed by atoms with Crippen molar-refractivity contribution >= 4 is 54.5 Å². The molecule has 3 heterocycles. The summed E-state index contributed by atoms with van der Waals surface area (Å²) in [6.45, 7) is -0.706. The molecule has 0 aliphatic carbocycles. The number of rotatable bonds is 9. The smallest absolute Gasteiger partial charge is 0.470 e. The van der Waals surface area contributed by atoms with Gasteiger partial charge in [0.2, 0.25) is 5.95 Å². The number of aliphatic hydroxyl groups is 2. The van der Waals surface area contributed by atoms with Crippen molar-refractivity contribution in [3.63, 3.8) is 0 Å². The molecule has 1 aliphatic rings. The number of aliphatic hydroxyl groups excluding tert-OH is 2. The van der Waals surface area contributed by atoms with E-state index >= 15 is 0 Å². The Labute approximate surface area is 204 Å². The minimum atomic E-state index is -4.98. The molecule has 198 valence electrons. The molecule has 0 unspecified atom stereocenters. The minimum Gasteiger partial charge on any atom is -0.480 e. The Morgan fingerprint density at radius 3 is 2.63 bits per heavy atom. The van der Waals surface area contributed by atoms with Crippen molar-refractivity contribution in [3.05, 3.63) is 16.7 Å². The van der Waals surface area contributed by atoms with Gasteiger partial charge >= 0.3 is 13.8 Å². The van der Waals surface area contributed by atoms with Crippen molar-refractivity contribution < 1.29 is 47.9 Å². The van der Waals surface area contributed by atoms with Gasteiger partial charge in [0.15, 0.2) is 17.4 Å². The average Bonchev–Trinajstić information content (AvgIpc) is 3.32. The first kappa shape index (κ1) is 29.3. The second-order valence-electron chi connectivity index (χ2n) is 7.02. The van der Waals surface area contributed by atoms with Gasteiger partial charge in [-0.05, 0) is 18.4 Å². The highest BCUT2D eigenvalue weighted by atomic mass is 32.2. The molecule has 9 N–H and O–H groups in total. The van der Waals surface area contributed by atoms with E-state index in [-0.39, 0.29) is 11.2 Å². The zero-order chi connectivity index (χ0) is 26.5. The maximum Gasteiger partial charge on any atom is 0.470 e. The SMILES string of the molecule is CSCC[C@H](N)C(=O)O.Nc1nc2c(ncn2[C@@H]2O[C@H](CO)[C@@H](OP(=O)(O)O)[C@H]2O)c(=O)n1[SH]=O. The number of thiol groups is 1. The summed E-state index contributed by atoms with van der Waals surface area (Å²) in [5.41, 5.74) is 9.59. The second kappa shape index (κ2) is 12.3. The van der Waals surface area contributed by atoms with E-state index in [0.29, 0.717) is 10.4 Å². The van der Waals surface area contributed by atoms with Crippen LogP contribution in [0.25, 0.3) is 11.2 Å². The number of phosphoric acid groups is 1. The lowest BCUT2D eigenvalue weighted by Crippen LogP contribution is -2.35.